The molecule has 13 heteroatoms. The zero-order chi connectivity index (χ0) is 30.8. The molecule has 4 rings (SSSR count). The molecule has 13 nitrogen and oxygen atoms in total. The van der Waals surface area contributed by atoms with Gasteiger partial charge in [-0.3, -0.25) is 25.3 Å². The van der Waals surface area contributed by atoms with E-state index in [1.54, 1.807) is 36.1 Å². The van der Waals surface area contributed by atoms with E-state index < -0.39 is 18.2 Å². The fourth-order valence-corrected chi connectivity index (χ4v) is 4.74. The van der Waals surface area contributed by atoms with Crippen molar-refractivity contribution < 1.29 is 33.4 Å². The van der Waals surface area contributed by atoms with Gasteiger partial charge in [0.1, 0.15) is 18.5 Å². The minimum absolute atomic E-state index is 0.126. The lowest BCUT2D eigenvalue weighted by Gasteiger charge is -2.35. The van der Waals surface area contributed by atoms with Gasteiger partial charge in [0.15, 0.2) is 0 Å². The predicted molar refractivity (Wildman–Crippen MR) is 158 cm³/mol. The summed E-state index contributed by atoms with van der Waals surface area (Å²) < 4.78 is 15.8. The molecule has 2 fully saturated rings. The van der Waals surface area contributed by atoms with Crippen molar-refractivity contribution in [3.8, 4) is 0 Å². The van der Waals surface area contributed by atoms with Crippen LogP contribution in [0.2, 0.25) is 0 Å². The Morgan fingerprint density at radius 2 is 1.67 bits per heavy atom. The summed E-state index contributed by atoms with van der Waals surface area (Å²) in [6.45, 7) is 6.93. The van der Waals surface area contributed by atoms with E-state index in [9.17, 15) is 19.2 Å². The maximum absolute atomic E-state index is 12.6. The first-order valence-corrected chi connectivity index (χ1v) is 14.3. The monoisotopic (exact) mass is 594 g/mol. The molecule has 2 heterocycles. The van der Waals surface area contributed by atoms with Gasteiger partial charge in [-0.05, 0) is 36.8 Å². The Bertz CT molecular complexity index is 1280. The molecule has 1 unspecified atom stereocenters. The number of imide groups is 1. The van der Waals surface area contributed by atoms with Gasteiger partial charge in [-0.25, -0.2) is 19.3 Å². The highest BCUT2D eigenvalue weighted by Gasteiger charge is 2.34. The van der Waals surface area contributed by atoms with Gasteiger partial charge in [0.25, 0.3) is 0 Å². The van der Waals surface area contributed by atoms with Crippen molar-refractivity contribution in [2.45, 2.75) is 26.1 Å². The molecule has 0 bridgehead atoms. The molecule has 1 atom stereocenters. The summed E-state index contributed by atoms with van der Waals surface area (Å²) in [4.78, 5) is 55.4. The smallest absolute Gasteiger partial charge is 0.417 e. The second-order valence-electron chi connectivity index (χ2n) is 10.3. The Labute approximate surface area is 250 Å². The van der Waals surface area contributed by atoms with E-state index in [-0.39, 0.29) is 31.1 Å². The third-order valence-corrected chi connectivity index (χ3v) is 7.22. The highest BCUT2D eigenvalue weighted by molar-refractivity contribution is 6.08. The molecule has 0 saturated carbocycles. The number of hydrogen-bond acceptors (Lipinski definition) is 10. The Balaban J connectivity index is 1.17. The van der Waals surface area contributed by atoms with E-state index >= 15 is 0 Å². The number of ether oxygens (including phenoxy) is 3. The van der Waals surface area contributed by atoms with Gasteiger partial charge in [-0.1, -0.05) is 30.3 Å². The van der Waals surface area contributed by atoms with Crippen LogP contribution in [-0.4, -0.2) is 110 Å². The lowest BCUT2D eigenvalue weighted by atomic mass is 10.1. The quantitative estimate of drug-likeness (QED) is 0.184. The molecule has 0 spiro atoms. The summed E-state index contributed by atoms with van der Waals surface area (Å²) in [5.41, 5.74) is 1.99. The molecule has 2 aromatic carbocycles. The van der Waals surface area contributed by atoms with Crippen LogP contribution in [0.25, 0.3) is 0 Å². The standard InChI is InChI=1S/C30H38N6O7/c1-3-41-29(39)33(2)28(38)32-27(31)23-9-11-24(12-10-23)36-20-25(43-30(36)40)19-35-17-15-34(16-18-35)14-13-26(37)42-21-22-7-5-4-6-8-22/h4-12,25H,3,13-21H2,1-2H3,(H2,31,32,38). The van der Waals surface area contributed by atoms with Crippen LogP contribution >= 0.6 is 0 Å². The van der Waals surface area contributed by atoms with Crippen LogP contribution in [0.5, 0.6) is 0 Å². The predicted octanol–water partition coefficient (Wildman–Crippen LogP) is 2.89. The largest absolute Gasteiger partial charge is 0.461 e. The number of hydrogen-bond donors (Lipinski definition) is 2. The molecule has 2 aromatic rings. The molecule has 2 saturated heterocycles. The number of nitrogens with zero attached hydrogens (tertiary/aromatic N) is 4. The van der Waals surface area contributed by atoms with Crippen LogP contribution in [0, 0.1) is 5.41 Å². The number of esters is 1. The Hall–Kier alpha value is -4.49. The van der Waals surface area contributed by atoms with E-state index in [1.807, 2.05) is 30.3 Å². The minimum Gasteiger partial charge on any atom is -0.461 e. The summed E-state index contributed by atoms with van der Waals surface area (Å²) in [6, 6.07) is 15.4. The Morgan fingerprint density at radius 3 is 2.35 bits per heavy atom. The van der Waals surface area contributed by atoms with Gasteiger partial charge in [0, 0.05) is 57.6 Å². The van der Waals surface area contributed by atoms with Crippen LogP contribution in [-0.2, 0) is 25.6 Å². The van der Waals surface area contributed by atoms with E-state index in [2.05, 4.69) is 15.1 Å². The molecule has 4 amide bonds. The topological polar surface area (TPSA) is 145 Å². The lowest BCUT2D eigenvalue weighted by Crippen LogP contribution is -2.49. The maximum Gasteiger partial charge on any atom is 0.417 e. The van der Waals surface area contributed by atoms with Crippen LogP contribution < -0.4 is 10.2 Å². The molecular weight excluding hydrogens is 556 g/mol. The number of piperazine rings is 1. The van der Waals surface area contributed by atoms with Crippen LogP contribution in [0.15, 0.2) is 54.6 Å². The van der Waals surface area contributed by atoms with E-state index in [1.165, 1.54) is 7.05 Å². The molecule has 0 aromatic heterocycles. The summed E-state index contributed by atoms with van der Waals surface area (Å²) in [5, 5.41) is 10.5. The first-order valence-electron chi connectivity index (χ1n) is 14.3. The van der Waals surface area contributed by atoms with E-state index in [0.29, 0.717) is 37.3 Å². The minimum atomic E-state index is -0.816. The highest BCUT2D eigenvalue weighted by atomic mass is 16.6. The van der Waals surface area contributed by atoms with Crippen molar-refractivity contribution in [3.05, 3.63) is 65.7 Å². The molecule has 2 aliphatic rings. The number of carbonyl (C=O) groups excluding carboxylic acids is 4. The number of nitrogens with one attached hydrogen (secondary N) is 2. The number of anilines is 1. The van der Waals surface area contributed by atoms with Crippen molar-refractivity contribution >= 4 is 35.7 Å². The highest BCUT2D eigenvalue weighted by Crippen LogP contribution is 2.23. The van der Waals surface area contributed by atoms with E-state index in [0.717, 1.165) is 36.6 Å². The maximum atomic E-state index is 12.6. The molecule has 230 valence electrons. The number of carbonyl (C=O) groups is 4. The SMILES string of the molecule is CCOC(=O)N(C)C(=O)NC(=N)c1ccc(N2CC(CN3CCN(CCC(=O)OCc4ccccc4)CC3)OC2=O)cc1. The average molecular weight is 595 g/mol. The molecule has 0 aliphatic carbocycles. The molecule has 2 N–H and O–H groups in total. The second-order valence-corrected chi connectivity index (χ2v) is 10.3. The van der Waals surface area contributed by atoms with Gasteiger partial charge in [-0.2, -0.15) is 0 Å². The average Bonchev–Trinajstić information content (AvgIpc) is 3.39. The zero-order valence-electron chi connectivity index (χ0n) is 24.5. The number of rotatable bonds is 10. The van der Waals surface area contributed by atoms with E-state index in [4.69, 9.17) is 19.6 Å². The fraction of sp³-hybridized carbons (Fsp3) is 0.433. The summed E-state index contributed by atoms with van der Waals surface area (Å²) in [6.07, 6.45) is -1.20. The number of benzene rings is 2. The van der Waals surface area contributed by atoms with Gasteiger partial charge in [-0.15, -0.1) is 0 Å². The lowest BCUT2D eigenvalue weighted by molar-refractivity contribution is -0.145. The third kappa shape index (κ3) is 9.00. The van der Waals surface area contributed by atoms with Gasteiger partial charge in [0.2, 0.25) is 0 Å². The van der Waals surface area contributed by atoms with Gasteiger partial charge in [0.05, 0.1) is 19.6 Å². The number of cyclic esters (lactones) is 1. The van der Waals surface area contributed by atoms with Crippen molar-refractivity contribution in [1.29, 1.82) is 5.41 Å². The Morgan fingerprint density at radius 1 is 1.00 bits per heavy atom. The summed E-state index contributed by atoms with van der Waals surface area (Å²) in [5.74, 6) is -0.404. The van der Waals surface area contributed by atoms with Crippen molar-refractivity contribution in [2.24, 2.45) is 0 Å². The molecule has 43 heavy (non-hydrogen) atoms. The number of amidine groups is 1. The first-order chi connectivity index (χ1) is 20.7. The van der Waals surface area contributed by atoms with Crippen LogP contribution in [0.3, 0.4) is 0 Å². The Kier molecular flexibility index (Phi) is 11.1. The first kappa shape index (κ1) is 31.4. The van der Waals surface area contributed by atoms with Crippen LogP contribution in [0.4, 0.5) is 20.1 Å². The van der Waals surface area contributed by atoms with Crippen molar-refractivity contribution in [3.63, 3.8) is 0 Å². The van der Waals surface area contributed by atoms with Gasteiger partial charge < -0.3 is 19.1 Å². The number of amides is 4. The normalized spacial score (nSPS) is 17.2. The third-order valence-electron chi connectivity index (χ3n) is 7.22. The summed E-state index contributed by atoms with van der Waals surface area (Å²) >= 11 is 0. The number of urea groups is 1. The molecule has 0 radical (unpaired) electrons. The van der Waals surface area contributed by atoms with Crippen LogP contribution in [0.1, 0.15) is 24.5 Å². The summed E-state index contributed by atoms with van der Waals surface area (Å²) in [7, 11) is 1.26. The molecular formula is C30H38N6O7. The fourth-order valence-electron chi connectivity index (χ4n) is 4.74. The van der Waals surface area contributed by atoms with Crippen molar-refractivity contribution in [1.82, 2.24) is 20.0 Å². The zero-order valence-corrected chi connectivity index (χ0v) is 24.5. The molecule has 2 aliphatic heterocycles. The van der Waals surface area contributed by atoms with Crippen molar-refractivity contribution in [2.75, 3.05) is 64.4 Å². The second kappa shape index (κ2) is 15.1. The van der Waals surface area contributed by atoms with Gasteiger partial charge >= 0.3 is 24.2 Å².